The molecule has 0 radical (unpaired) electrons. The van der Waals surface area contributed by atoms with Gasteiger partial charge in [0, 0.05) is 5.56 Å². The molecule has 5 nitrogen and oxygen atoms in total. The maximum absolute atomic E-state index is 10.9. The summed E-state index contributed by atoms with van der Waals surface area (Å²) in [6.45, 7) is 0. The molecule has 3 N–H and O–H groups in total. The maximum Gasteiger partial charge on any atom is 0.284 e. The van der Waals surface area contributed by atoms with Gasteiger partial charge in [0.15, 0.2) is 5.37 Å². The van der Waals surface area contributed by atoms with Crippen molar-refractivity contribution in [3.05, 3.63) is 35.9 Å². The molecule has 1 aromatic carbocycles. The van der Waals surface area contributed by atoms with Crippen LogP contribution in [0.25, 0.3) is 6.08 Å². The topological polar surface area (TPSA) is 89.6 Å². The molecule has 0 aliphatic carbocycles. The van der Waals surface area contributed by atoms with Crippen LogP contribution in [-0.2, 0) is 10.1 Å². The number of benzene rings is 1. The second-order valence-electron chi connectivity index (χ2n) is 3.46. The molecule has 86 valence electrons. The first-order chi connectivity index (χ1) is 7.48. The van der Waals surface area contributed by atoms with Gasteiger partial charge in [0.25, 0.3) is 10.1 Å². The van der Waals surface area contributed by atoms with Gasteiger partial charge < -0.3 is 10.5 Å². The summed E-state index contributed by atoms with van der Waals surface area (Å²) in [4.78, 5) is 0. The van der Waals surface area contributed by atoms with Gasteiger partial charge in [-0.25, -0.2) is 0 Å². The van der Waals surface area contributed by atoms with E-state index in [-0.39, 0.29) is 0 Å². The number of fused-ring (bicyclic) bond motifs is 1. The SMILES string of the molecule is NC(C1C=Cc2ccccc2O1)S(=O)(=O)O. The molecule has 6 heteroatoms. The van der Waals surface area contributed by atoms with Gasteiger partial charge in [0.1, 0.15) is 11.9 Å². The summed E-state index contributed by atoms with van der Waals surface area (Å²) in [6, 6.07) is 7.16. The molecule has 1 aromatic rings. The highest BCUT2D eigenvalue weighted by Gasteiger charge is 2.30. The number of hydrogen-bond donors (Lipinski definition) is 2. The minimum atomic E-state index is -4.30. The van der Waals surface area contributed by atoms with Crippen molar-refractivity contribution in [2.24, 2.45) is 5.73 Å². The number of nitrogens with two attached hydrogens (primary N) is 1. The van der Waals surface area contributed by atoms with Crippen LogP contribution in [0.15, 0.2) is 30.3 Å². The van der Waals surface area contributed by atoms with E-state index in [0.29, 0.717) is 5.75 Å². The van der Waals surface area contributed by atoms with E-state index in [0.717, 1.165) is 5.56 Å². The first-order valence-corrected chi connectivity index (χ1v) is 6.14. The Morgan fingerprint density at radius 3 is 2.75 bits per heavy atom. The molecule has 1 aliphatic heterocycles. The van der Waals surface area contributed by atoms with Crippen molar-refractivity contribution < 1.29 is 17.7 Å². The van der Waals surface area contributed by atoms with Crippen LogP contribution < -0.4 is 10.5 Å². The normalized spacial score (nSPS) is 21.0. The molecule has 0 saturated heterocycles. The Hall–Kier alpha value is -1.37. The first kappa shape index (κ1) is 11.1. The second kappa shape index (κ2) is 3.89. The van der Waals surface area contributed by atoms with Crippen molar-refractivity contribution in [3.8, 4) is 5.75 Å². The zero-order valence-electron chi connectivity index (χ0n) is 8.28. The Kier molecular flexibility index (Phi) is 2.71. The Labute approximate surface area is 93.3 Å². The molecular formula is C10H11NO4S. The number of rotatable bonds is 2. The summed E-state index contributed by atoms with van der Waals surface area (Å²) in [6.07, 6.45) is 2.36. The standard InChI is InChI=1S/C10H11NO4S/c11-10(16(12,13)14)9-6-5-7-3-1-2-4-8(7)15-9/h1-6,9-10H,11H2,(H,12,13,14). The van der Waals surface area contributed by atoms with Crippen molar-refractivity contribution in [2.75, 3.05) is 0 Å². The molecule has 0 amide bonds. The van der Waals surface area contributed by atoms with Gasteiger partial charge in [-0.3, -0.25) is 4.55 Å². The van der Waals surface area contributed by atoms with Crippen LogP contribution in [0.4, 0.5) is 0 Å². The molecule has 16 heavy (non-hydrogen) atoms. The van der Waals surface area contributed by atoms with Crippen LogP contribution in [0, 0.1) is 0 Å². The average Bonchev–Trinajstić information content (AvgIpc) is 2.26. The predicted molar refractivity (Wildman–Crippen MR) is 59.4 cm³/mol. The molecule has 0 aromatic heterocycles. The van der Waals surface area contributed by atoms with Crippen LogP contribution in [0.2, 0.25) is 0 Å². The van der Waals surface area contributed by atoms with Crippen LogP contribution in [0.3, 0.4) is 0 Å². The Morgan fingerprint density at radius 1 is 1.38 bits per heavy atom. The fourth-order valence-corrected chi connectivity index (χ4v) is 1.94. The zero-order chi connectivity index (χ0) is 11.8. The highest BCUT2D eigenvalue weighted by molar-refractivity contribution is 7.86. The third-order valence-electron chi connectivity index (χ3n) is 2.32. The summed E-state index contributed by atoms with van der Waals surface area (Å²) < 4.78 is 35.9. The summed E-state index contributed by atoms with van der Waals surface area (Å²) in [5.41, 5.74) is 6.22. The largest absolute Gasteiger partial charge is 0.483 e. The molecule has 0 fully saturated rings. The van der Waals surface area contributed by atoms with Gasteiger partial charge >= 0.3 is 0 Å². The van der Waals surface area contributed by atoms with E-state index in [2.05, 4.69) is 0 Å². The Balaban J connectivity index is 2.27. The molecular weight excluding hydrogens is 230 g/mol. The lowest BCUT2D eigenvalue weighted by Gasteiger charge is -2.24. The molecule has 0 bridgehead atoms. The van der Waals surface area contributed by atoms with Gasteiger partial charge in [0.05, 0.1) is 0 Å². The molecule has 2 unspecified atom stereocenters. The van der Waals surface area contributed by atoms with E-state index in [9.17, 15) is 8.42 Å². The van der Waals surface area contributed by atoms with Crippen molar-refractivity contribution in [2.45, 2.75) is 11.5 Å². The fourth-order valence-electron chi connectivity index (χ4n) is 1.46. The van der Waals surface area contributed by atoms with Crippen molar-refractivity contribution in [1.29, 1.82) is 0 Å². The molecule has 1 aliphatic rings. The van der Waals surface area contributed by atoms with E-state index < -0.39 is 21.6 Å². The maximum atomic E-state index is 10.9. The monoisotopic (exact) mass is 241 g/mol. The van der Waals surface area contributed by atoms with Gasteiger partial charge in [-0.1, -0.05) is 24.3 Å². The average molecular weight is 241 g/mol. The predicted octanol–water partition coefficient (Wildman–Crippen LogP) is 0.633. The van der Waals surface area contributed by atoms with Crippen molar-refractivity contribution in [1.82, 2.24) is 0 Å². The lowest BCUT2D eigenvalue weighted by atomic mass is 10.1. The van der Waals surface area contributed by atoms with E-state index in [1.807, 2.05) is 12.1 Å². The van der Waals surface area contributed by atoms with Crippen LogP contribution in [0.1, 0.15) is 5.56 Å². The Morgan fingerprint density at radius 2 is 2.06 bits per heavy atom. The number of hydrogen-bond acceptors (Lipinski definition) is 4. The van der Waals surface area contributed by atoms with Crippen LogP contribution in [0.5, 0.6) is 5.75 Å². The first-order valence-electron chi connectivity index (χ1n) is 4.64. The fraction of sp³-hybridized carbons (Fsp3) is 0.200. The van der Waals surface area contributed by atoms with Gasteiger partial charge in [-0.2, -0.15) is 8.42 Å². The summed E-state index contributed by atoms with van der Waals surface area (Å²) in [5, 5.41) is -1.47. The highest BCUT2D eigenvalue weighted by atomic mass is 32.2. The third kappa shape index (κ3) is 2.08. The minimum Gasteiger partial charge on any atom is -0.483 e. The lowest BCUT2D eigenvalue weighted by molar-refractivity contribution is 0.234. The van der Waals surface area contributed by atoms with E-state index >= 15 is 0 Å². The smallest absolute Gasteiger partial charge is 0.284 e. The zero-order valence-corrected chi connectivity index (χ0v) is 9.09. The summed E-state index contributed by atoms with van der Waals surface area (Å²) in [5.74, 6) is 0.550. The molecule has 1 heterocycles. The van der Waals surface area contributed by atoms with Crippen LogP contribution >= 0.6 is 0 Å². The quantitative estimate of drug-likeness (QED) is 0.741. The Bertz CT molecular complexity index is 523. The second-order valence-corrected chi connectivity index (χ2v) is 5.03. The highest BCUT2D eigenvalue weighted by Crippen LogP contribution is 2.26. The van der Waals surface area contributed by atoms with Crippen molar-refractivity contribution in [3.63, 3.8) is 0 Å². The molecule has 0 spiro atoms. The minimum absolute atomic E-state index is 0.550. The number of ether oxygens (including phenoxy) is 1. The molecule has 2 rings (SSSR count). The number of para-hydroxylation sites is 1. The van der Waals surface area contributed by atoms with E-state index in [4.69, 9.17) is 15.0 Å². The summed E-state index contributed by atoms with van der Waals surface area (Å²) in [7, 11) is -4.30. The van der Waals surface area contributed by atoms with Gasteiger partial charge in [-0.05, 0) is 12.1 Å². The molecule has 2 atom stereocenters. The third-order valence-corrected chi connectivity index (χ3v) is 3.27. The van der Waals surface area contributed by atoms with E-state index in [1.165, 1.54) is 6.08 Å². The van der Waals surface area contributed by atoms with Crippen molar-refractivity contribution >= 4 is 16.2 Å². The van der Waals surface area contributed by atoms with Gasteiger partial charge in [-0.15, -0.1) is 0 Å². The lowest BCUT2D eigenvalue weighted by Crippen LogP contribution is -2.44. The molecule has 0 saturated carbocycles. The van der Waals surface area contributed by atoms with E-state index in [1.54, 1.807) is 18.2 Å². The summed E-state index contributed by atoms with van der Waals surface area (Å²) >= 11 is 0. The van der Waals surface area contributed by atoms with Gasteiger partial charge in [0.2, 0.25) is 0 Å². The van der Waals surface area contributed by atoms with Crippen LogP contribution in [-0.4, -0.2) is 24.4 Å².